The van der Waals surface area contributed by atoms with E-state index in [0.717, 1.165) is 49.4 Å². The SMILES string of the molecule is C/C(=C\CCCC(=O)O)[C@H]1CC[C@H]2[C@@H]3CCC4C[C@@H](O)CCC[C@]4(C)[C@H]3CC[C@]12C. The summed E-state index contributed by atoms with van der Waals surface area (Å²) in [7, 11) is 0. The van der Waals surface area contributed by atoms with Crippen LogP contribution in [-0.4, -0.2) is 22.3 Å². The molecule has 170 valence electrons. The van der Waals surface area contributed by atoms with Crippen molar-refractivity contribution in [3.8, 4) is 0 Å². The molecule has 4 rings (SSSR count). The van der Waals surface area contributed by atoms with Crippen molar-refractivity contribution in [1.82, 2.24) is 0 Å². The van der Waals surface area contributed by atoms with Crippen LogP contribution in [0.25, 0.3) is 0 Å². The zero-order chi connectivity index (χ0) is 21.5. The Bertz CT molecular complexity index is 669. The van der Waals surface area contributed by atoms with E-state index in [2.05, 4.69) is 26.8 Å². The van der Waals surface area contributed by atoms with E-state index in [-0.39, 0.29) is 12.5 Å². The third-order valence-corrected chi connectivity index (χ3v) is 10.5. The van der Waals surface area contributed by atoms with E-state index in [1.165, 1.54) is 56.9 Å². The van der Waals surface area contributed by atoms with Crippen LogP contribution >= 0.6 is 0 Å². The van der Waals surface area contributed by atoms with Crippen molar-refractivity contribution in [3.05, 3.63) is 11.6 Å². The second-order valence-corrected chi connectivity index (χ2v) is 11.8. The number of aliphatic hydroxyl groups is 1. The lowest BCUT2D eigenvalue weighted by Gasteiger charge is -2.59. The Kier molecular flexibility index (Phi) is 6.41. The summed E-state index contributed by atoms with van der Waals surface area (Å²) in [5.74, 6) is 3.34. The highest BCUT2D eigenvalue weighted by Gasteiger charge is 2.59. The van der Waals surface area contributed by atoms with Crippen LogP contribution in [-0.2, 0) is 4.79 Å². The molecule has 0 aromatic rings. The average Bonchev–Trinajstić information content (AvgIpc) is 2.96. The van der Waals surface area contributed by atoms with Crippen LogP contribution in [0, 0.1) is 40.4 Å². The first-order valence-corrected chi connectivity index (χ1v) is 12.8. The molecule has 4 aliphatic carbocycles. The standard InChI is InChI=1S/C27H44O3/c1-18(7-4-5-9-25(29)30)22-12-13-23-21-11-10-19-17-20(28)8-6-15-26(19,2)24(21)14-16-27(22,23)3/h7,19-24,28H,4-6,8-17H2,1-3H3,(H,29,30)/b18-7+/t19?,20-,21-,22+,23-,24-,26-,27+/m0/s1. The predicted octanol–water partition coefficient (Wildman–Crippen LogP) is 6.60. The maximum Gasteiger partial charge on any atom is 0.303 e. The molecule has 3 heteroatoms. The van der Waals surface area contributed by atoms with Crippen molar-refractivity contribution in [2.45, 2.75) is 110 Å². The molecule has 0 spiro atoms. The number of carboxylic acids is 1. The van der Waals surface area contributed by atoms with Gasteiger partial charge in [0.25, 0.3) is 0 Å². The monoisotopic (exact) mass is 416 g/mol. The number of carbonyl (C=O) groups is 1. The van der Waals surface area contributed by atoms with Crippen molar-refractivity contribution in [2.75, 3.05) is 0 Å². The Labute approximate surface area is 183 Å². The molecule has 0 aliphatic heterocycles. The molecule has 4 fully saturated rings. The smallest absolute Gasteiger partial charge is 0.303 e. The molecule has 0 radical (unpaired) electrons. The van der Waals surface area contributed by atoms with Crippen molar-refractivity contribution < 1.29 is 15.0 Å². The molecule has 0 heterocycles. The molecule has 4 saturated carbocycles. The van der Waals surface area contributed by atoms with Crippen LogP contribution in [0.2, 0.25) is 0 Å². The Morgan fingerprint density at radius 3 is 2.53 bits per heavy atom. The van der Waals surface area contributed by atoms with E-state index in [1.54, 1.807) is 0 Å². The maximum absolute atomic E-state index is 10.8. The summed E-state index contributed by atoms with van der Waals surface area (Å²) in [4.78, 5) is 10.8. The highest BCUT2D eigenvalue weighted by molar-refractivity contribution is 5.66. The van der Waals surface area contributed by atoms with Crippen LogP contribution < -0.4 is 0 Å². The van der Waals surface area contributed by atoms with Gasteiger partial charge in [-0.2, -0.15) is 0 Å². The molecule has 4 aliphatic rings. The van der Waals surface area contributed by atoms with E-state index >= 15 is 0 Å². The van der Waals surface area contributed by atoms with Gasteiger partial charge in [-0.1, -0.05) is 31.9 Å². The van der Waals surface area contributed by atoms with Gasteiger partial charge >= 0.3 is 5.97 Å². The molecule has 0 aromatic heterocycles. The number of rotatable bonds is 5. The summed E-state index contributed by atoms with van der Waals surface area (Å²) in [6.45, 7) is 7.50. The Hall–Kier alpha value is -0.830. The minimum atomic E-state index is -0.678. The average molecular weight is 417 g/mol. The molecule has 0 saturated heterocycles. The lowest BCUT2D eigenvalue weighted by atomic mass is 9.46. The van der Waals surface area contributed by atoms with Crippen molar-refractivity contribution in [2.24, 2.45) is 40.4 Å². The Morgan fingerprint density at radius 1 is 1.00 bits per heavy atom. The summed E-state index contributed by atoms with van der Waals surface area (Å²) < 4.78 is 0. The van der Waals surface area contributed by atoms with Gasteiger partial charge in [0, 0.05) is 6.42 Å². The van der Waals surface area contributed by atoms with Crippen LogP contribution in [0.4, 0.5) is 0 Å². The largest absolute Gasteiger partial charge is 0.481 e. The van der Waals surface area contributed by atoms with E-state index in [9.17, 15) is 9.90 Å². The fourth-order valence-electron chi connectivity index (χ4n) is 8.95. The van der Waals surface area contributed by atoms with E-state index in [4.69, 9.17) is 5.11 Å². The third-order valence-electron chi connectivity index (χ3n) is 10.5. The molecule has 0 aromatic carbocycles. The summed E-state index contributed by atoms with van der Waals surface area (Å²) >= 11 is 0. The number of allylic oxidation sites excluding steroid dienone is 2. The van der Waals surface area contributed by atoms with Gasteiger partial charge in [0.05, 0.1) is 6.10 Å². The Balaban J connectivity index is 1.48. The molecule has 0 bridgehead atoms. The molecule has 1 unspecified atom stereocenters. The summed E-state index contributed by atoms with van der Waals surface area (Å²) in [5.41, 5.74) is 2.41. The second-order valence-electron chi connectivity index (χ2n) is 11.8. The van der Waals surface area contributed by atoms with Gasteiger partial charge < -0.3 is 10.2 Å². The van der Waals surface area contributed by atoms with Crippen LogP contribution in [0.1, 0.15) is 104 Å². The fraction of sp³-hybridized carbons (Fsp3) is 0.889. The summed E-state index contributed by atoms with van der Waals surface area (Å²) in [5, 5.41) is 19.3. The summed E-state index contributed by atoms with van der Waals surface area (Å²) in [6, 6.07) is 0. The molecular weight excluding hydrogens is 372 g/mol. The lowest BCUT2D eigenvalue weighted by Crippen LogP contribution is -2.51. The number of aliphatic carboxylic acids is 1. The van der Waals surface area contributed by atoms with Crippen molar-refractivity contribution in [1.29, 1.82) is 0 Å². The molecule has 8 atom stereocenters. The highest BCUT2D eigenvalue weighted by Crippen LogP contribution is 2.67. The van der Waals surface area contributed by atoms with Gasteiger partial charge in [0.1, 0.15) is 0 Å². The number of aliphatic hydroxyl groups excluding tert-OH is 1. The van der Waals surface area contributed by atoms with E-state index in [0.29, 0.717) is 16.7 Å². The zero-order valence-electron chi connectivity index (χ0n) is 19.5. The van der Waals surface area contributed by atoms with Crippen molar-refractivity contribution >= 4 is 5.97 Å². The topological polar surface area (TPSA) is 57.5 Å². The quantitative estimate of drug-likeness (QED) is 0.392. The first-order valence-electron chi connectivity index (χ1n) is 12.8. The van der Waals surface area contributed by atoms with Crippen LogP contribution in [0.5, 0.6) is 0 Å². The van der Waals surface area contributed by atoms with Crippen LogP contribution in [0.3, 0.4) is 0 Å². The normalized spacial score (nSPS) is 46.5. The van der Waals surface area contributed by atoms with E-state index in [1.807, 2.05) is 0 Å². The predicted molar refractivity (Wildman–Crippen MR) is 121 cm³/mol. The number of fused-ring (bicyclic) bond motifs is 5. The van der Waals surface area contributed by atoms with Gasteiger partial charge in [-0.15, -0.1) is 0 Å². The first kappa shape index (κ1) is 22.4. The van der Waals surface area contributed by atoms with Gasteiger partial charge in [-0.05, 0) is 118 Å². The highest BCUT2D eigenvalue weighted by atomic mass is 16.4. The number of carboxylic acid groups (broad SMARTS) is 1. The maximum atomic E-state index is 10.8. The van der Waals surface area contributed by atoms with Gasteiger partial charge in [-0.3, -0.25) is 4.79 Å². The lowest BCUT2D eigenvalue weighted by molar-refractivity contribution is -0.137. The fourth-order valence-corrected chi connectivity index (χ4v) is 8.95. The molecule has 0 amide bonds. The number of unbranched alkanes of at least 4 members (excludes halogenated alkanes) is 1. The van der Waals surface area contributed by atoms with Gasteiger partial charge in [0.2, 0.25) is 0 Å². The van der Waals surface area contributed by atoms with E-state index < -0.39 is 5.97 Å². The molecular formula is C27H44O3. The molecule has 2 N–H and O–H groups in total. The minimum absolute atomic E-state index is 0.0630. The number of hydrogen-bond donors (Lipinski definition) is 2. The first-order chi connectivity index (χ1) is 14.3. The zero-order valence-corrected chi connectivity index (χ0v) is 19.5. The van der Waals surface area contributed by atoms with Crippen LogP contribution in [0.15, 0.2) is 11.6 Å². The molecule has 30 heavy (non-hydrogen) atoms. The van der Waals surface area contributed by atoms with Crippen molar-refractivity contribution in [3.63, 3.8) is 0 Å². The minimum Gasteiger partial charge on any atom is -0.481 e. The molecule has 3 nitrogen and oxygen atoms in total. The van der Waals surface area contributed by atoms with Gasteiger partial charge in [0.15, 0.2) is 0 Å². The third kappa shape index (κ3) is 3.89. The summed E-state index contributed by atoms with van der Waals surface area (Å²) in [6.07, 6.45) is 17.0. The Morgan fingerprint density at radius 2 is 1.77 bits per heavy atom. The second kappa shape index (κ2) is 8.60. The van der Waals surface area contributed by atoms with Gasteiger partial charge in [-0.25, -0.2) is 0 Å². The number of hydrogen-bond acceptors (Lipinski definition) is 2.